The van der Waals surface area contributed by atoms with E-state index >= 15 is 0 Å². The second kappa shape index (κ2) is 19.3. The third-order valence-electron chi connectivity index (χ3n) is 14.6. The zero-order valence-corrected chi connectivity index (χ0v) is 38.1. The molecule has 2 aromatic carbocycles. The van der Waals surface area contributed by atoms with Gasteiger partial charge in [0.25, 0.3) is 11.1 Å². The molecule has 12 rings (SSSR count). The Morgan fingerprint density at radius 1 is 0.615 bits per heavy atom. The average molecular weight is 885 g/mol. The SMILES string of the molecule is CC1CN(Cc2ccc(C3CC3)cc2)CC1c1nn2c(C3CCOCC3)ncc2c(=O)[nH]1.CC1CNCC1c1nn2c(C3CCOCC3)ncc2c(=O)[nH]1.COc1ccc(C2CC2)cc1. The highest BCUT2D eigenvalue weighted by atomic mass is 16.5. The van der Waals surface area contributed by atoms with Gasteiger partial charge in [0.15, 0.2) is 11.0 Å². The van der Waals surface area contributed by atoms with E-state index < -0.39 is 0 Å². The summed E-state index contributed by atoms with van der Waals surface area (Å²) in [5.41, 5.74) is 5.17. The van der Waals surface area contributed by atoms with Crippen LogP contribution in [0.4, 0.5) is 0 Å². The zero-order chi connectivity index (χ0) is 44.4. The fraction of sp³-hybridized carbons (Fsp3) is 0.560. The van der Waals surface area contributed by atoms with Gasteiger partial charge in [-0.3, -0.25) is 14.5 Å². The van der Waals surface area contributed by atoms with Crippen molar-refractivity contribution in [3.8, 4) is 5.75 Å². The Balaban J connectivity index is 0.000000129. The fourth-order valence-electron chi connectivity index (χ4n) is 10.3. The quantitative estimate of drug-likeness (QED) is 0.143. The smallest absolute Gasteiger partial charge is 0.276 e. The summed E-state index contributed by atoms with van der Waals surface area (Å²) in [6.07, 6.45) is 12.4. The second-order valence-electron chi connectivity index (χ2n) is 19.4. The standard InChI is InChI=1S/C25H31N5O2.C15H21N5O2.C10H12O/c1-16-13-29(14-17-2-4-18(5-3-17)19-6-7-19)15-21(16)23-27-25(31)22-12-26-24(30(22)28-23)20-8-10-32-11-9-20;1-9-6-16-7-11(9)13-18-15(21)12-8-17-14(20(12)19-13)10-2-4-22-5-3-10;1-11-10-6-4-9(5-7-10)8-2-3-8/h2-5,12,16,19-21H,6-11,13-15H2,1H3,(H,27,28,31);8-11,16H,2-7H2,1H3,(H,18,19,21);4-8H,2-3H2,1H3. The number of nitrogens with zero attached hydrogens (tertiary/aromatic N) is 7. The van der Waals surface area contributed by atoms with Gasteiger partial charge in [-0.05, 0) is 110 Å². The van der Waals surface area contributed by atoms with Gasteiger partial charge in [-0.1, -0.05) is 50.2 Å². The highest BCUT2D eigenvalue weighted by Gasteiger charge is 2.34. The Morgan fingerprint density at radius 3 is 1.60 bits per heavy atom. The first-order valence-corrected chi connectivity index (χ1v) is 24.1. The summed E-state index contributed by atoms with van der Waals surface area (Å²) >= 11 is 0. The number of likely N-dealkylation sites (tertiary alicyclic amines) is 1. The number of benzene rings is 2. The van der Waals surface area contributed by atoms with Gasteiger partial charge < -0.3 is 29.5 Å². The van der Waals surface area contributed by atoms with E-state index in [-0.39, 0.29) is 23.0 Å². The molecule has 4 aromatic heterocycles. The van der Waals surface area contributed by atoms with E-state index in [1.54, 1.807) is 28.5 Å². The van der Waals surface area contributed by atoms with E-state index in [2.05, 4.69) is 80.4 Å². The average Bonchev–Trinajstić information content (AvgIpc) is 4.20. The summed E-state index contributed by atoms with van der Waals surface area (Å²) in [5.74, 6) is 7.91. The van der Waals surface area contributed by atoms with E-state index in [0.29, 0.717) is 34.7 Å². The summed E-state index contributed by atoms with van der Waals surface area (Å²) in [4.78, 5) is 42.7. The molecule has 15 nitrogen and oxygen atoms in total. The Labute approximate surface area is 379 Å². The fourth-order valence-corrected chi connectivity index (χ4v) is 10.3. The van der Waals surface area contributed by atoms with Gasteiger partial charge >= 0.3 is 0 Å². The number of H-pyrrole nitrogens is 2. The first-order chi connectivity index (χ1) is 31.8. The maximum Gasteiger partial charge on any atom is 0.276 e. The summed E-state index contributed by atoms with van der Waals surface area (Å²) in [6.45, 7) is 12.1. The van der Waals surface area contributed by atoms with E-state index in [1.807, 2.05) is 12.1 Å². The number of methoxy groups -OCH3 is 1. The number of hydrogen-bond donors (Lipinski definition) is 3. The van der Waals surface area contributed by atoms with Crippen LogP contribution in [0.3, 0.4) is 0 Å². The summed E-state index contributed by atoms with van der Waals surface area (Å²) in [6, 6.07) is 17.6. The van der Waals surface area contributed by atoms with Crippen LogP contribution in [-0.2, 0) is 16.0 Å². The lowest BCUT2D eigenvalue weighted by Crippen LogP contribution is -2.24. The Kier molecular flexibility index (Phi) is 13.0. The van der Waals surface area contributed by atoms with Crippen molar-refractivity contribution in [1.82, 2.24) is 49.4 Å². The van der Waals surface area contributed by atoms with Crippen molar-refractivity contribution < 1.29 is 14.2 Å². The topological polar surface area (TPSA) is 169 Å². The maximum atomic E-state index is 12.8. The van der Waals surface area contributed by atoms with Gasteiger partial charge in [0.1, 0.15) is 29.0 Å². The van der Waals surface area contributed by atoms with Crippen LogP contribution in [0.25, 0.3) is 11.0 Å². The molecule has 15 heteroatoms. The minimum absolute atomic E-state index is 0.0953. The Hall–Kier alpha value is -5.22. The van der Waals surface area contributed by atoms with Crippen LogP contribution in [0.1, 0.15) is 141 Å². The van der Waals surface area contributed by atoms with Crippen molar-refractivity contribution in [2.75, 3.05) is 59.7 Å². The molecule has 6 fully saturated rings. The Morgan fingerprint density at radius 2 is 1.12 bits per heavy atom. The minimum Gasteiger partial charge on any atom is -0.497 e. The van der Waals surface area contributed by atoms with Crippen LogP contribution in [0, 0.1) is 11.8 Å². The van der Waals surface area contributed by atoms with Gasteiger partial charge in [-0.25, -0.2) is 19.0 Å². The van der Waals surface area contributed by atoms with Gasteiger partial charge in [0.05, 0.1) is 19.5 Å². The van der Waals surface area contributed by atoms with Crippen molar-refractivity contribution in [2.45, 2.75) is 107 Å². The largest absolute Gasteiger partial charge is 0.497 e. The van der Waals surface area contributed by atoms with E-state index in [4.69, 9.17) is 24.4 Å². The van der Waals surface area contributed by atoms with Crippen LogP contribution in [0.5, 0.6) is 5.75 Å². The first-order valence-electron chi connectivity index (χ1n) is 24.1. The lowest BCUT2D eigenvalue weighted by molar-refractivity contribution is 0.0831. The minimum atomic E-state index is -0.102. The van der Waals surface area contributed by atoms with Crippen molar-refractivity contribution in [3.63, 3.8) is 0 Å². The molecule has 65 heavy (non-hydrogen) atoms. The number of fused-ring (bicyclic) bond motifs is 2. The van der Waals surface area contributed by atoms with Crippen molar-refractivity contribution in [3.05, 3.63) is 122 Å². The van der Waals surface area contributed by atoms with E-state index in [0.717, 1.165) is 126 Å². The molecule has 6 aliphatic rings. The lowest BCUT2D eigenvalue weighted by Gasteiger charge is -2.21. The molecule has 0 spiro atoms. The van der Waals surface area contributed by atoms with Crippen LogP contribution < -0.4 is 21.2 Å². The lowest BCUT2D eigenvalue weighted by atomic mass is 9.97. The third kappa shape index (κ3) is 9.84. The molecule has 3 N–H and O–H groups in total. The Bertz CT molecular complexity index is 2650. The molecular formula is C50H64N10O5. The molecule has 4 unspecified atom stereocenters. The predicted molar refractivity (Wildman–Crippen MR) is 248 cm³/mol. The van der Waals surface area contributed by atoms with Crippen LogP contribution in [0.2, 0.25) is 0 Å². The molecule has 2 aliphatic carbocycles. The number of ether oxygens (including phenoxy) is 3. The molecule has 6 aromatic rings. The van der Waals surface area contributed by atoms with Crippen LogP contribution in [0.15, 0.2) is 70.5 Å². The number of nitrogens with one attached hydrogen (secondary N) is 3. The molecule has 0 bridgehead atoms. The summed E-state index contributed by atoms with van der Waals surface area (Å²) in [7, 11) is 1.70. The number of aromatic amines is 2. The highest BCUT2D eigenvalue weighted by molar-refractivity contribution is 5.44. The van der Waals surface area contributed by atoms with Gasteiger partial charge in [-0.15, -0.1) is 0 Å². The van der Waals surface area contributed by atoms with Crippen molar-refractivity contribution in [1.29, 1.82) is 0 Å². The number of imidazole rings is 2. The van der Waals surface area contributed by atoms with E-state index in [9.17, 15) is 9.59 Å². The molecule has 0 radical (unpaired) electrons. The molecular weight excluding hydrogens is 821 g/mol. The monoisotopic (exact) mass is 885 g/mol. The molecule has 2 saturated carbocycles. The van der Waals surface area contributed by atoms with Crippen LogP contribution >= 0.6 is 0 Å². The van der Waals surface area contributed by atoms with Crippen LogP contribution in [-0.4, -0.2) is 104 Å². The van der Waals surface area contributed by atoms with Gasteiger partial charge in [-0.2, -0.15) is 10.2 Å². The highest BCUT2D eigenvalue weighted by Crippen LogP contribution is 2.41. The van der Waals surface area contributed by atoms with Gasteiger partial charge in [0.2, 0.25) is 0 Å². The molecule has 344 valence electrons. The summed E-state index contributed by atoms with van der Waals surface area (Å²) in [5, 5.41) is 13.0. The normalized spacial score (nSPS) is 24.2. The molecule has 4 aliphatic heterocycles. The number of hydrogen-bond acceptors (Lipinski definition) is 11. The number of rotatable bonds is 9. The van der Waals surface area contributed by atoms with E-state index in [1.165, 1.54) is 42.4 Å². The van der Waals surface area contributed by atoms with Crippen molar-refractivity contribution in [2.24, 2.45) is 11.8 Å². The second-order valence-corrected chi connectivity index (χ2v) is 19.4. The molecule has 4 saturated heterocycles. The molecule has 8 heterocycles. The molecule has 0 amide bonds. The zero-order valence-electron chi connectivity index (χ0n) is 38.1. The predicted octanol–water partition coefficient (Wildman–Crippen LogP) is 6.63. The maximum absolute atomic E-state index is 12.8. The van der Waals surface area contributed by atoms with Gasteiger partial charge in [0, 0.05) is 76.3 Å². The number of aromatic nitrogens is 8. The molecule has 4 atom stereocenters. The third-order valence-corrected chi connectivity index (χ3v) is 14.6. The van der Waals surface area contributed by atoms with Crippen molar-refractivity contribution >= 4 is 11.0 Å². The first kappa shape index (κ1) is 43.7. The summed E-state index contributed by atoms with van der Waals surface area (Å²) < 4.78 is 19.6.